The normalized spacial score (nSPS) is 11.6. The zero-order chi connectivity index (χ0) is 25.8. The van der Waals surface area contributed by atoms with Crippen LogP contribution in [-0.4, -0.2) is 0 Å². The van der Waals surface area contributed by atoms with E-state index in [0.29, 0.717) is 0 Å². The maximum atomic E-state index is 3.79. The van der Waals surface area contributed by atoms with Gasteiger partial charge in [0.25, 0.3) is 0 Å². The Kier molecular flexibility index (Phi) is 5.25. The van der Waals surface area contributed by atoms with E-state index < -0.39 is 0 Å². The first-order valence-electron chi connectivity index (χ1n) is 13.1. The Balaban J connectivity index is 1.25. The predicted molar refractivity (Wildman–Crippen MR) is 173 cm³/mol. The molecule has 2 aromatic heterocycles. The molecular formula is C36H23NS2. The van der Waals surface area contributed by atoms with Crippen molar-refractivity contribution in [3.63, 3.8) is 0 Å². The molecule has 0 unspecified atom stereocenters. The molecule has 1 nitrogen and oxygen atoms in total. The Labute approximate surface area is 234 Å². The highest BCUT2D eigenvalue weighted by Crippen LogP contribution is 2.43. The summed E-state index contributed by atoms with van der Waals surface area (Å²) in [5, 5.41) is 8.99. The summed E-state index contributed by atoms with van der Waals surface area (Å²) >= 11 is 3.73. The van der Waals surface area contributed by atoms with E-state index in [1.165, 1.54) is 62.6 Å². The lowest BCUT2D eigenvalue weighted by Gasteiger charge is -2.09. The number of hydrogen-bond acceptors (Lipinski definition) is 3. The maximum Gasteiger partial charge on any atom is 0.0478 e. The van der Waals surface area contributed by atoms with Crippen LogP contribution in [0, 0.1) is 0 Å². The maximum absolute atomic E-state index is 3.79. The van der Waals surface area contributed by atoms with Crippen molar-refractivity contribution in [2.24, 2.45) is 0 Å². The van der Waals surface area contributed by atoms with Crippen LogP contribution in [0.1, 0.15) is 0 Å². The fraction of sp³-hybridized carbons (Fsp3) is 0. The van der Waals surface area contributed by atoms with E-state index in [2.05, 4.69) is 139 Å². The molecule has 8 aromatic rings. The molecule has 0 atom stereocenters. The highest BCUT2D eigenvalue weighted by Gasteiger charge is 2.13. The average molecular weight is 534 g/mol. The van der Waals surface area contributed by atoms with Crippen LogP contribution >= 0.6 is 22.7 Å². The minimum absolute atomic E-state index is 1.11. The zero-order valence-corrected chi connectivity index (χ0v) is 22.7. The van der Waals surface area contributed by atoms with Gasteiger partial charge in [-0.25, -0.2) is 0 Å². The standard InChI is InChI=1S/C36H23NS2/c1-3-9-23(10-4-1)25-17-19-33-30(21-25)35-31(15-8-16-34(35)38-33)37-26-18-20-32-29(22-26)28-14-7-13-27(36(28)39-32)24-11-5-2-6-12-24/h1-22,37H. The minimum atomic E-state index is 1.11. The zero-order valence-electron chi connectivity index (χ0n) is 21.0. The van der Waals surface area contributed by atoms with Crippen LogP contribution in [-0.2, 0) is 0 Å². The molecule has 8 rings (SSSR count). The second kappa shape index (κ2) is 9.09. The third-order valence-electron chi connectivity index (χ3n) is 7.46. The Morgan fingerprint density at radius 1 is 0.436 bits per heavy atom. The van der Waals surface area contributed by atoms with E-state index >= 15 is 0 Å². The lowest BCUT2D eigenvalue weighted by molar-refractivity contribution is 1.62. The molecule has 6 aromatic carbocycles. The number of thiophene rings is 2. The lowest BCUT2D eigenvalue weighted by atomic mass is 10.0. The number of fused-ring (bicyclic) bond motifs is 6. The first-order valence-corrected chi connectivity index (χ1v) is 14.7. The fourth-order valence-electron chi connectivity index (χ4n) is 5.62. The van der Waals surface area contributed by atoms with Gasteiger partial charge in [0.05, 0.1) is 0 Å². The quantitative estimate of drug-likeness (QED) is 0.237. The van der Waals surface area contributed by atoms with Crippen LogP contribution in [0.4, 0.5) is 11.4 Å². The minimum Gasteiger partial charge on any atom is -0.355 e. The van der Waals surface area contributed by atoms with Crippen molar-refractivity contribution < 1.29 is 0 Å². The molecule has 0 amide bonds. The van der Waals surface area contributed by atoms with E-state index in [0.717, 1.165) is 11.4 Å². The summed E-state index contributed by atoms with van der Waals surface area (Å²) in [6, 6.07) is 48.2. The largest absolute Gasteiger partial charge is 0.355 e. The van der Waals surface area contributed by atoms with Crippen LogP contribution in [0.5, 0.6) is 0 Å². The van der Waals surface area contributed by atoms with Crippen molar-refractivity contribution >= 4 is 74.4 Å². The molecule has 2 heterocycles. The molecule has 1 N–H and O–H groups in total. The topological polar surface area (TPSA) is 12.0 Å². The average Bonchev–Trinajstić information content (AvgIpc) is 3.56. The van der Waals surface area contributed by atoms with Crippen LogP contribution < -0.4 is 5.32 Å². The monoisotopic (exact) mass is 533 g/mol. The molecule has 0 radical (unpaired) electrons. The summed E-state index contributed by atoms with van der Waals surface area (Å²) < 4.78 is 5.27. The Morgan fingerprint density at radius 2 is 1.18 bits per heavy atom. The molecule has 0 fully saturated rings. The SMILES string of the molecule is c1ccc(-c2ccc3sc4cccc(Nc5ccc6sc7c(-c8ccccc8)cccc7c6c5)c4c3c2)cc1. The van der Waals surface area contributed by atoms with Crippen molar-refractivity contribution in [1.82, 2.24) is 0 Å². The molecular weight excluding hydrogens is 511 g/mol. The van der Waals surface area contributed by atoms with Crippen LogP contribution in [0.25, 0.3) is 62.6 Å². The Hall–Kier alpha value is -4.44. The lowest BCUT2D eigenvalue weighted by Crippen LogP contribution is -1.90. The van der Waals surface area contributed by atoms with Gasteiger partial charge in [-0.1, -0.05) is 91.0 Å². The van der Waals surface area contributed by atoms with Gasteiger partial charge in [0.15, 0.2) is 0 Å². The van der Waals surface area contributed by atoms with E-state index in [-0.39, 0.29) is 0 Å². The summed E-state index contributed by atoms with van der Waals surface area (Å²) in [4.78, 5) is 0. The van der Waals surface area contributed by atoms with Crippen molar-refractivity contribution in [1.29, 1.82) is 0 Å². The smallest absolute Gasteiger partial charge is 0.0478 e. The molecule has 0 saturated heterocycles. The fourth-order valence-corrected chi connectivity index (χ4v) is 7.95. The first kappa shape index (κ1) is 22.5. The molecule has 0 aliphatic rings. The van der Waals surface area contributed by atoms with Crippen LogP contribution in [0.2, 0.25) is 0 Å². The molecule has 0 bridgehead atoms. The molecule has 0 spiro atoms. The summed E-state index contributed by atoms with van der Waals surface area (Å²) in [6.45, 7) is 0. The highest BCUT2D eigenvalue weighted by molar-refractivity contribution is 7.26. The third-order valence-corrected chi connectivity index (χ3v) is 9.82. The van der Waals surface area contributed by atoms with Gasteiger partial charge in [0, 0.05) is 51.7 Å². The van der Waals surface area contributed by atoms with Gasteiger partial charge in [-0.05, 0) is 64.7 Å². The van der Waals surface area contributed by atoms with E-state index in [1.54, 1.807) is 0 Å². The van der Waals surface area contributed by atoms with Gasteiger partial charge in [-0.2, -0.15) is 0 Å². The highest BCUT2D eigenvalue weighted by atomic mass is 32.1. The van der Waals surface area contributed by atoms with Crippen molar-refractivity contribution in [3.8, 4) is 22.3 Å². The van der Waals surface area contributed by atoms with Gasteiger partial charge in [-0.15, -0.1) is 22.7 Å². The molecule has 0 aliphatic heterocycles. The second-order valence-corrected chi connectivity index (χ2v) is 12.0. The van der Waals surface area contributed by atoms with Gasteiger partial charge >= 0.3 is 0 Å². The van der Waals surface area contributed by atoms with Gasteiger partial charge in [0.1, 0.15) is 0 Å². The second-order valence-electron chi connectivity index (χ2n) is 9.84. The number of nitrogens with one attached hydrogen (secondary N) is 1. The summed E-state index contributed by atoms with van der Waals surface area (Å²) in [5.74, 6) is 0. The number of rotatable bonds is 4. The Morgan fingerprint density at radius 3 is 2.03 bits per heavy atom. The molecule has 0 saturated carbocycles. The molecule has 184 valence electrons. The first-order chi connectivity index (χ1) is 19.3. The van der Waals surface area contributed by atoms with Crippen molar-refractivity contribution in [3.05, 3.63) is 133 Å². The van der Waals surface area contributed by atoms with Crippen LogP contribution in [0.3, 0.4) is 0 Å². The number of benzene rings is 6. The van der Waals surface area contributed by atoms with Crippen LogP contribution in [0.15, 0.2) is 133 Å². The van der Waals surface area contributed by atoms with Crippen molar-refractivity contribution in [2.75, 3.05) is 5.32 Å². The number of anilines is 2. The summed E-state index contributed by atoms with van der Waals surface area (Å²) in [7, 11) is 0. The van der Waals surface area contributed by atoms with Gasteiger partial charge in [-0.3, -0.25) is 0 Å². The molecule has 3 heteroatoms. The Bertz CT molecular complexity index is 2140. The van der Waals surface area contributed by atoms with Gasteiger partial charge in [0.2, 0.25) is 0 Å². The van der Waals surface area contributed by atoms with E-state index in [4.69, 9.17) is 0 Å². The molecule has 0 aliphatic carbocycles. The van der Waals surface area contributed by atoms with Gasteiger partial charge < -0.3 is 5.32 Å². The van der Waals surface area contributed by atoms with Crippen molar-refractivity contribution in [2.45, 2.75) is 0 Å². The van der Waals surface area contributed by atoms with E-state index in [9.17, 15) is 0 Å². The number of hydrogen-bond donors (Lipinski definition) is 1. The molecule has 39 heavy (non-hydrogen) atoms. The predicted octanol–water partition coefficient (Wildman–Crippen LogP) is 11.5. The summed E-state index contributed by atoms with van der Waals surface area (Å²) in [6.07, 6.45) is 0. The summed E-state index contributed by atoms with van der Waals surface area (Å²) in [5.41, 5.74) is 7.31. The van der Waals surface area contributed by atoms with E-state index in [1.807, 2.05) is 22.7 Å². The third kappa shape index (κ3) is 3.82.